The molecule has 0 bridgehead atoms. The van der Waals surface area contributed by atoms with Gasteiger partial charge in [0.05, 0.1) is 4.90 Å². The first kappa shape index (κ1) is 14.4. The van der Waals surface area contributed by atoms with Gasteiger partial charge in [0, 0.05) is 18.6 Å². The maximum absolute atomic E-state index is 11.5. The van der Waals surface area contributed by atoms with Crippen LogP contribution in [0.25, 0.3) is 0 Å². The summed E-state index contributed by atoms with van der Waals surface area (Å²) >= 11 is 0. The third-order valence-electron chi connectivity index (χ3n) is 2.56. The fourth-order valence-corrected chi connectivity index (χ4v) is 2.22. The van der Waals surface area contributed by atoms with Gasteiger partial charge >= 0.3 is 6.01 Å². The quantitative estimate of drug-likeness (QED) is 0.889. The van der Waals surface area contributed by atoms with Crippen molar-refractivity contribution in [3.63, 3.8) is 0 Å². The van der Waals surface area contributed by atoms with Gasteiger partial charge in [-0.15, -0.1) is 0 Å². The molecule has 0 fully saturated rings. The molecule has 0 spiro atoms. The minimum atomic E-state index is -3.27. The van der Waals surface area contributed by atoms with Gasteiger partial charge in [-0.2, -0.15) is 0 Å². The highest BCUT2D eigenvalue weighted by Crippen LogP contribution is 2.21. The van der Waals surface area contributed by atoms with Crippen LogP contribution in [0.5, 0.6) is 11.8 Å². The highest BCUT2D eigenvalue weighted by Gasteiger charge is 2.09. The van der Waals surface area contributed by atoms with E-state index in [1.807, 2.05) is 0 Å². The Labute approximate surface area is 117 Å². The first-order chi connectivity index (χ1) is 9.49. The highest BCUT2D eigenvalue weighted by atomic mass is 32.2. The molecule has 2 aromatic rings. The van der Waals surface area contributed by atoms with E-state index in [2.05, 4.69) is 9.97 Å². The molecule has 1 aromatic heterocycles. The average molecular weight is 293 g/mol. The molecule has 0 saturated carbocycles. The fourth-order valence-electron chi connectivity index (χ4n) is 1.57. The largest absolute Gasteiger partial charge is 0.424 e. The number of sulfone groups is 1. The van der Waals surface area contributed by atoms with Crippen LogP contribution in [0.15, 0.2) is 41.6 Å². The summed E-state index contributed by atoms with van der Waals surface area (Å²) in [5.74, 6) is 0.375. The number of hydrogen-bond donors (Lipinski definition) is 1. The predicted molar refractivity (Wildman–Crippen MR) is 74.4 cm³/mol. The number of benzene rings is 1. The van der Waals surface area contributed by atoms with E-state index < -0.39 is 9.84 Å². The predicted octanol–water partition coefficient (Wildman–Crippen LogP) is 1.17. The van der Waals surface area contributed by atoms with E-state index in [1.54, 1.807) is 24.5 Å². The minimum Gasteiger partial charge on any atom is -0.424 e. The van der Waals surface area contributed by atoms with Crippen LogP contribution in [-0.2, 0) is 16.3 Å². The van der Waals surface area contributed by atoms with Crippen LogP contribution in [0, 0.1) is 0 Å². The van der Waals surface area contributed by atoms with E-state index in [1.165, 1.54) is 12.1 Å². The SMILES string of the molecule is CS(=O)(=O)c1cccc(Oc2ncc(CCN)cn2)c1. The van der Waals surface area contributed by atoms with Crippen LogP contribution in [0.3, 0.4) is 0 Å². The monoisotopic (exact) mass is 293 g/mol. The Bertz CT molecular complexity index is 684. The summed E-state index contributed by atoms with van der Waals surface area (Å²) < 4.78 is 28.3. The van der Waals surface area contributed by atoms with Gasteiger partial charge in [-0.1, -0.05) is 6.07 Å². The molecular weight excluding hydrogens is 278 g/mol. The standard InChI is InChI=1S/C13H15N3O3S/c1-20(17,18)12-4-2-3-11(7-12)19-13-15-8-10(5-6-14)9-16-13/h2-4,7-9H,5-6,14H2,1H3. The Morgan fingerprint density at radius 1 is 1.25 bits per heavy atom. The molecule has 1 heterocycles. The lowest BCUT2D eigenvalue weighted by Gasteiger charge is -2.05. The molecule has 20 heavy (non-hydrogen) atoms. The van der Waals surface area contributed by atoms with Crippen molar-refractivity contribution in [2.24, 2.45) is 5.73 Å². The lowest BCUT2D eigenvalue weighted by Crippen LogP contribution is -2.04. The van der Waals surface area contributed by atoms with E-state index in [-0.39, 0.29) is 10.9 Å². The Hall–Kier alpha value is -1.99. The molecule has 2 rings (SSSR count). The second kappa shape index (κ2) is 5.98. The van der Waals surface area contributed by atoms with E-state index in [0.29, 0.717) is 18.7 Å². The van der Waals surface area contributed by atoms with Crippen LogP contribution in [0.2, 0.25) is 0 Å². The lowest BCUT2D eigenvalue weighted by atomic mass is 10.2. The molecule has 0 radical (unpaired) electrons. The van der Waals surface area contributed by atoms with Gasteiger partial charge < -0.3 is 10.5 Å². The number of ether oxygens (including phenoxy) is 1. The van der Waals surface area contributed by atoms with Crippen molar-refractivity contribution in [1.82, 2.24) is 9.97 Å². The zero-order valence-electron chi connectivity index (χ0n) is 11.0. The Balaban J connectivity index is 2.17. The molecule has 7 heteroatoms. The smallest absolute Gasteiger partial charge is 0.321 e. The summed E-state index contributed by atoms with van der Waals surface area (Å²) in [5, 5.41) is 0. The van der Waals surface area contributed by atoms with E-state index in [4.69, 9.17) is 10.5 Å². The Kier molecular flexibility index (Phi) is 4.31. The molecule has 6 nitrogen and oxygen atoms in total. The summed E-state index contributed by atoms with van der Waals surface area (Å²) in [6.45, 7) is 0.528. The summed E-state index contributed by atoms with van der Waals surface area (Å²) in [4.78, 5) is 8.28. The topological polar surface area (TPSA) is 95.2 Å². The van der Waals surface area contributed by atoms with Gasteiger partial charge in [0.15, 0.2) is 9.84 Å². The summed E-state index contributed by atoms with van der Waals surface area (Å²) in [6, 6.07) is 6.36. The summed E-state index contributed by atoms with van der Waals surface area (Å²) in [5.41, 5.74) is 6.36. The molecule has 0 aliphatic heterocycles. The fraction of sp³-hybridized carbons (Fsp3) is 0.231. The van der Waals surface area contributed by atoms with Crippen LogP contribution >= 0.6 is 0 Å². The van der Waals surface area contributed by atoms with Crippen LogP contribution in [-0.4, -0.2) is 31.2 Å². The normalized spacial score (nSPS) is 11.3. The molecule has 0 aliphatic carbocycles. The van der Waals surface area contributed by atoms with Crippen molar-refractivity contribution in [3.8, 4) is 11.8 Å². The van der Waals surface area contributed by atoms with Crippen molar-refractivity contribution >= 4 is 9.84 Å². The molecule has 0 unspecified atom stereocenters. The third kappa shape index (κ3) is 3.75. The number of nitrogens with zero attached hydrogens (tertiary/aromatic N) is 2. The molecule has 1 aromatic carbocycles. The van der Waals surface area contributed by atoms with Gasteiger partial charge in [-0.25, -0.2) is 18.4 Å². The molecule has 0 saturated heterocycles. The van der Waals surface area contributed by atoms with Crippen molar-refractivity contribution < 1.29 is 13.2 Å². The average Bonchev–Trinajstić information content (AvgIpc) is 2.41. The molecule has 106 valence electrons. The zero-order chi connectivity index (χ0) is 14.6. The molecule has 0 amide bonds. The van der Waals surface area contributed by atoms with E-state index in [0.717, 1.165) is 11.8 Å². The summed E-state index contributed by atoms with van der Waals surface area (Å²) in [7, 11) is -3.27. The second-order valence-corrected chi connectivity index (χ2v) is 6.28. The van der Waals surface area contributed by atoms with Crippen molar-refractivity contribution in [2.45, 2.75) is 11.3 Å². The van der Waals surface area contributed by atoms with E-state index >= 15 is 0 Å². The van der Waals surface area contributed by atoms with Gasteiger partial charge in [-0.05, 0) is 36.7 Å². The minimum absolute atomic E-state index is 0.163. The number of rotatable bonds is 5. The molecule has 0 atom stereocenters. The first-order valence-electron chi connectivity index (χ1n) is 5.98. The highest BCUT2D eigenvalue weighted by molar-refractivity contribution is 7.90. The van der Waals surface area contributed by atoms with E-state index in [9.17, 15) is 8.42 Å². The van der Waals surface area contributed by atoms with Gasteiger partial charge in [0.2, 0.25) is 0 Å². The first-order valence-corrected chi connectivity index (χ1v) is 7.87. The Morgan fingerprint density at radius 3 is 2.55 bits per heavy atom. The second-order valence-electron chi connectivity index (χ2n) is 4.26. The number of nitrogens with two attached hydrogens (primary N) is 1. The third-order valence-corrected chi connectivity index (χ3v) is 3.67. The number of hydrogen-bond acceptors (Lipinski definition) is 6. The lowest BCUT2D eigenvalue weighted by molar-refractivity contribution is 0.439. The van der Waals surface area contributed by atoms with Crippen LogP contribution < -0.4 is 10.5 Å². The van der Waals surface area contributed by atoms with Gasteiger partial charge in [-0.3, -0.25) is 0 Å². The molecule has 2 N–H and O–H groups in total. The van der Waals surface area contributed by atoms with Crippen molar-refractivity contribution in [2.75, 3.05) is 12.8 Å². The Morgan fingerprint density at radius 2 is 1.95 bits per heavy atom. The van der Waals surface area contributed by atoms with Crippen LogP contribution in [0.1, 0.15) is 5.56 Å². The van der Waals surface area contributed by atoms with Gasteiger partial charge in [0.25, 0.3) is 0 Å². The zero-order valence-corrected chi connectivity index (χ0v) is 11.8. The molecular formula is C13H15N3O3S. The van der Waals surface area contributed by atoms with Crippen molar-refractivity contribution in [3.05, 3.63) is 42.2 Å². The molecule has 0 aliphatic rings. The maximum Gasteiger partial charge on any atom is 0.321 e. The number of aromatic nitrogens is 2. The summed E-state index contributed by atoms with van der Waals surface area (Å²) in [6.07, 6.45) is 5.11. The van der Waals surface area contributed by atoms with Crippen LogP contribution in [0.4, 0.5) is 0 Å². The van der Waals surface area contributed by atoms with Crippen molar-refractivity contribution in [1.29, 1.82) is 0 Å². The van der Waals surface area contributed by atoms with Gasteiger partial charge in [0.1, 0.15) is 5.75 Å². The maximum atomic E-state index is 11.5.